The highest BCUT2D eigenvalue weighted by Crippen LogP contribution is 2.40. The Kier molecular flexibility index (Phi) is 4.94. The van der Waals surface area contributed by atoms with E-state index in [0.717, 1.165) is 46.3 Å². The summed E-state index contributed by atoms with van der Waals surface area (Å²) in [5.41, 5.74) is 3.62. The normalized spacial score (nSPS) is 13.4. The summed E-state index contributed by atoms with van der Waals surface area (Å²) in [6.07, 6.45) is 2.30. The molecule has 5 nitrogen and oxygen atoms in total. The summed E-state index contributed by atoms with van der Waals surface area (Å²) >= 11 is 0. The molecular formula is C26H25N3O2. The molecule has 4 aromatic rings. The van der Waals surface area contributed by atoms with Crippen LogP contribution in [0.15, 0.2) is 72.8 Å². The van der Waals surface area contributed by atoms with Crippen molar-refractivity contribution in [2.24, 2.45) is 0 Å². The highest BCUT2D eigenvalue weighted by atomic mass is 16.5. The van der Waals surface area contributed by atoms with Gasteiger partial charge in [0, 0.05) is 19.5 Å². The molecule has 0 atom stereocenters. The summed E-state index contributed by atoms with van der Waals surface area (Å²) in [4.78, 5) is 15.2. The van der Waals surface area contributed by atoms with E-state index in [9.17, 15) is 4.79 Å². The van der Waals surface area contributed by atoms with Crippen LogP contribution in [-0.4, -0.2) is 34.7 Å². The molecule has 31 heavy (non-hydrogen) atoms. The first kappa shape index (κ1) is 19.4. The lowest BCUT2D eigenvalue weighted by Gasteiger charge is -2.18. The third-order valence-corrected chi connectivity index (χ3v) is 5.82. The molecule has 3 aromatic carbocycles. The van der Waals surface area contributed by atoms with Crippen molar-refractivity contribution < 1.29 is 9.53 Å². The van der Waals surface area contributed by atoms with E-state index in [0.29, 0.717) is 18.2 Å². The lowest BCUT2D eigenvalue weighted by molar-refractivity contribution is 0.0776. The molecule has 0 radical (unpaired) electrons. The van der Waals surface area contributed by atoms with E-state index in [1.165, 1.54) is 0 Å². The molecule has 1 saturated carbocycles. The Labute approximate surface area is 181 Å². The number of para-hydroxylation sites is 1. The fraction of sp³-hybridized carbons (Fsp3) is 0.231. The topological polar surface area (TPSA) is 47.4 Å². The quantitative estimate of drug-likeness (QED) is 0.439. The van der Waals surface area contributed by atoms with Crippen LogP contribution in [0, 0.1) is 0 Å². The van der Waals surface area contributed by atoms with Gasteiger partial charge in [0.2, 0.25) is 0 Å². The van der Waals surface area contributed by atoms with Gasteiger partial charge in [-0.3, -0.25) is 4.79 Å². The van der Waals surface area contributed by atoms with Gasteiger partial charge in [-0.15, -0.1) is 0 Å². The Hall–Kier alpha value is -3.60. The van der Waals surface area contributed by atoms with Crippen molar-refractivity contribution in [1.82, 2.24) is 14.7 Å². The van der Waals surface area contributed by atoms with E-state index >= 15 is 0 Å². The standard InChI is InChI=1S/C26H25N3O2/c1-28(17-18-8-9-21-15-23(31-2)13-12-20(21)14-18)26(30)25-16-24(19-10-11-19)27-29(25)22-6-4-3-5-7-22/h3-9,12-16,19H,10-11,17H2,1-2H3. The third-order valence-electron chi connectivity index (χ3n) is 5.82. The molecule has 5 rings (SSSR count). The van der Waals surface area contributed by atoms with Crippen LogP contribution >= 0.6 is 0 Å². The molecule has 0 saturated heterocycles. The van der Waals surface area contributed by atoms with Crippen LogP contribution in [0.2, 0.25) is 0 Å². The number of hydrogen-bond acceptors (Lipinski definition) is 3. The van der Waals surface area contributed by atoms with Crippen LogP contribution in [0.25, 0.3) is 16.5 Å². The van der Waals surface area contributed by atoms with Crippen LogP contribution in [0.1, 0.15) is 40.5 Å². The largest absolute Gasteiger partial charge is 0.497 e. The highest BCUT2D eigenvalue weighted by molar-refractivity contribution is 5.93. The summed E-state index contributed by atoms with van der Waals surface area (Å²) < 4.78 is 7.10. The minimum Gasteiger partial charge on any atom is -0.497 e. The fourth-order valence-corrected chi connectivity index (χ4v) is 3.94. The molecular weight excluding hydrogens is 386 g/mol. The highest BCUT2D eigenvalue weighted by Gasteiger charge is 2.29. The molecule has 1 aliphatic rings. The Morgan fingerprint density at radius 1 is 1.03 bits per heavy atom. The molecule has 0 aliphatic heterocycles. The predicted octanol–water partition coefficient (Wildman–Crippen LogP) is 5.18. The van der Waals surface area contributed by atoms with Crippen molar-refractivity contribution >= 4 is 16.7 Å². The van der Waals surface area contributed by atoms with Gasteiger partial charge in [-0.2, -0.15) is 5.10 Å². The second-order valence-electron chi connectivity index (χ2n) is 8.18. The Balaban J connectivity index is 1.42. The number of fused-ring (bicyclic) bond motifs is 1. The molecule has 0 unspecified atom stereocenters. The van der Waals surface area contributed by atoms with Crippen molar-refractivity contribution in [2.45, 2.75) is 25.3 Å². The van der Waals surface area contributed by atoms with Gasteiger partial charge >= 0.3 is 0 Å². The maximum atomic E-state index is 13.4. The monoisotopic (exact) mass is 411 g/mol. The second kappa shape index (κ2) is 7.91. The number of benzene rings is 3. The van der Waals surface area contributed by atoms with Crippen LogP contribution < -0.4 is 4.74 Å². The Morgan fingerprint density at radius 2 is 1.77 bits per heavy atom. The first-order chi connectivity index (χ1) is 15.1. The lowest BCUT2D eigenvalue weighted by atomic mass is 10.1. The van der Waals surface area contributed by atoms with Crippen LogP contribution in [-0.2, 0) is 6.54 Å². The number of aromatic nitrogens is 2. The molecule has 156 valence electrons. The summed E-state index contributed by atoms with van der Waals surface area (Å²) in [7, 11) is 3.52. The molecule has 1 aromatic heterocycles. The van der Waals surface area contributed by atoms with Gasteiger partial charge in [-0.25, -0.2) is 4.68 Å². The van der Waals surface area contributed by atoms with Crippen molar-refractivity contribution in [1.29, 1.82) is 0 Å². The van der Waals surface area contributed by atoms with Gasteiger partial charge in [0.25, 0.3) is 5.91 Å². The molecule has 0 N–H and O–H groups in total. The number of methoxy groups -OCH3 is 1. The molecule has 0 bridgehead atoms. The fourth-order valence-electron chi connectivity index (χ4n) is 3.94. The van der Waals surface area contributed by atoms with E-state index in [-0.39, 0.29) is 5.91 Å². The molecule has 1 amide bonds. The van der Waals surface area contributed by atoms with Crippen molar-refractivity contribution in [3.8, 4) is 11.4 Å². The molecule has 5 heteroatoms. The van der Waals surface area contributed by atoms with Gasteiger partial charge < -0.3 is 9.64 Å². The number of hydrogen-bond donors (Lipinski definition) is 0. The van der Waals surface area contributed by atoms with E-state index in [1.807, 2.05) is 61.6 Å². The average molecular weight is 412 g/mol. The summed E-state index contributed by atoms with van der Waals surface area (Å²) in [6.45, 7) is 0.527. The predicted molar refractivity (Wildman–Crippen MR) is 122 cm³/mol. The number of rotatable bonds is 6. The Bertz CT molecular complexity index is 1240. The number of carbonyl (C=O) groups excluding carboxylic acids is 1. The van der Waals surface area contributed by atoms with Crippen molar-refractivity contribution in [2.75, 3.05) is 14.2 Å². The van der Waals surface area contributed by atoms with E-state index in [4.69, 9.17) is 9.84 Å². The first-order valence-electron chi connectivity index (χ1n) is 10.6. The van der Waals surface area contributed by atoms with Gasteiger partial charge in [0.1, 0.15) is 11.4 Å². The first-order valence-corrected chi connectivity index (χ1v) is 10.6. The zero-order chi connectivity index (χ0) is 21.4. The maximum Gasteiger partial charge on any atom is 0.272 e. The van der Waals surface area contributed by atoms with Gasteiger partial charge in [0.15, 0.2) is 0 Å². The van der Waals surface area contributed by atoms with E-state index in [2.05, 4.69) is 18.2 Å². The van der Waals surface area contributed by atoms with Gasteiger partial charge in [-0.05, 0) is 65.6 Å². The third kappa shape index (κ3) is 3.91. The van der Waals surface area contributed by atoms with Crippen molar-refractivity contribution in [3.05, 3.63) is 89.7 Å². The SMILES string of the molecule is COc1ccc2cc(CN(C)C(=O)c3cc(C4CC4)nn3-c3ccccc3)ccc2c1. The van der Waals surface area contributed by atoms with Gasteiger partial charge in [0.05, 0.1) is 18.5 Å². The van der Waals surface area contributed by atoms with Crippen LogP contribution in [0.4, 0.5) is 0 Å². The summed E-state index contributed by atoms with van der Waals surface area (Å²) in [6, 6.07) is 24.1. The lowest BCUT2D eigenvalue weighted by Crippen LogP contribution is -2.28. The smallest absolute Gasteiger partial charge is 0.272 e. The molecule has 1 heterocycles. The minimum atomic E-state index is -0.0296. The molecule has 1 fully saturated rings. The van der Waals surface area contributed by atoms with E-state index in [1.54, 1.807) is 16.7 Å². The number of nitrogens with zero attached hydrogens (tertiary/aromatic N) is 3. The number of ether oxygens (including phenoxy) is 1. The summed E-state index contributed by atoms with van der Waals surface area (Å²) in [5.74, 6) is 1.30. The zero-order valence-electron chi connectivity index (χ0n) is 17.8. The van der Waals surface area contributed by atoms with Gasteiger partial charge in [-0.1, -0.05) is 36.4 Å². The number of amides is 1. The zero-order valence-corrected chi connectivity index (χ0v) is 17.8. The molecule has 0 spiro atoms. The van der Waals surface area contributed by atoms with Crippen LogP contribution in [0.5, 0.6) is 5.75 Å². The average Bonchev–Trinajstić information content (AvgIpc) is 3.57. The maximum absolute atomic E-state index is 13.4. The van der Waals surface area contributed by atoms with Crippen LogP contribution in [0.3, 0.4) is 0 Å². The second-order valence-corrected chi connectivity index (χ2v) is 8.18. The Morgan fingerprint density at radius 3 is 2.52 bits per heavy atom. The van der Waals surface area contributed by atoms with E-state index < -0.39 is 0 Å². The van der Waals surface area contributed by atoms with Crippen molar-refractivity contribution in [3.63, 3.8) is 0 Å². The number of carbonyl (C=O) groups is 1. The summed E-state index contributed by atoms with van der Waals surface area (Å²) in [5, 5.41) is 7.02. The molecule has 1 aliphatic carbocycles. The minimum absolute atomic E-state index is 0.0296.